The van der Waals surface area contributed by atoms with Crippen LogP contribution in [0.15, 0.2) is 18.3 Å². The molecule has 0 aromatic carbocycles. The van der Waals surface area contributed by atoms with Gasteiger partial charge in [0, 0.05) is 6.20 Å². The summed E-state index contributed by atoms with van der Waals surface area (Å²) in [4.78, 5) is 37.7. The molecule has 1 rings (SSSR count). The summed E-state index contributed by atoms with van der Waals surface area (Å²) in [5.74, 6) is 0. The first-order chi connectivity index (χ1) is 13.4. The highest BCUT2D eigenvalue weighted by Gasteiger charge is 2.32. The van der Waals surface area contributed by atoms with Gasteiger partial charge in [0.25, 0.3) is 0 Å². The van der Waals surface area contributed by atoms with E-state index < -0.39 is 41.1 Å². The SMILES string of the molecule is CC(c1cccn1C(=O)OC(C)(C)C)N(NC(=O)OC(C)(C)C)C(=O)OC(C)(C)C. The molecule has 0 fully saturated rings. The van der Waals surface area contributed by atoms with Crippen molar-refractivity contribution in [2.75, 3.05) is 0 Å². The van der Waals surface area contributed by atoms with Crippen molar-refractivity contribution in [3.8, 4) is 0 Å². The summed E-state index contributed by atoms with van der Waals surface area (Å²) in [6.45, 7) is 17.2. The van der Waals surface area contributed by atoms with Crippen LogP contribution in [0, 0.1) is 0 Å². The molecule has 0 aliphatic carbocycles. The normalized spacial score (nSPS) is 13.3. The van der Waals surface area contributed by atoms with Crippen molar-refractivity contribution < 1.29 is 28.6 Å². The zero-order valence-corrected chi connectivity index (χ0v) is 19.7. The molecule has 0 bridgehead atoms. The molecule has 1 N–H and O–H groups in total. The molecule has 2 amide bonds. The lowest BCUT2D eigenvalue weighted by Gasteiger charge is -2.32. The van der Waals surface area contributed by atoms with Crippen molar-refractivity contribution in [1.82, 2.24) is 15.0 Å². The van der Waals surface area contributed by atoms with Gasteiger partial charge >= 0.3 is 18.3 Å². The van der Waals surface area contributed by atoms with Gasteiger partial charge in [-0.25, -0.2) is 24.8 Å². The van der Waals surface area contributed by atoms with Crippen LogP contribution in [0.25, 0.3) is 0 Å². The number of aromatic nitrogens is 1. The van der Waals surface area contributed by atoms with Gasteiger partial charge in [0.2, 0.25) is 0 Å². The summed E-state index contributed by atoms with van der Waals surface area (Å²) in [7, 11) is 0. The molecule has 0 aliphatic heterocycles. The van der Waals surface area contributed by atoms with E-state index in [1.54, 1.807) is 81.4 Å². The third-order valence-electron chi connectivity index (χ3n) is 3.39. The van der Waals surface area contributed by atoms with Crippen LogP contribution in [0.3, 0.4) is 0 Å². The van der Waals surface area contributed by atoms with Crippen LogP contribution >= 0.6 is 0 Å². The lowest BCUT2D eigenvalue weighted by atomic mass is 10.2. The number of hydrazine groups is 1. The lowest BCUT2D eigenvalue weighted by molar-refractivity contribution is -0.00903. The molecule has 0 radical (unpaired) electrons. The molecule has 0 spiro atoms. The summed E-state index contributed by atoms with van der Waals surface area (Å²) in [6.07, 6.45) is -0.690. The predicted octanol–water partition coefficient (Wildman–Crippen LogP) is 5.01. The summed E-state index contributed by atoms with van der Waals surface area (Å²) >= 11 is 0. The summed E-state index contributed by atoms with van der Waals surface area (Å²) in [6, 6.07) is 2.54. The minimum absolute atomic E-state index is 0.422. The molecule has 30 heavy (non-hydrogen) atoms. The topological polar surface area (TPSA) is 99.1 Å². The average molecular weight is 426 g/mol. The van der Waals surface area contributed by atoms with Gasteiger partial charge in [0.1, 0.15) is 16.8 Å². The van der Waals surface area contributed by atoms with E-state index in [1.165, 1.54) is 10.8 Å². The summed E-state index contributed by atoms with van der Waals surface area (Å²) in [5.41, 5.74) is 0.606. The standard InChI is InChI=1S/C21H35N3O6/c1-14(15-12-11-13-23(15)17(26)29-20(5,6)7)24(18(27)30-21(8,9)10)22-16(25)28-19(2,3)4/h11-14H,1-10H3,(H,22,25). The Morgan fingerprint density at radius 1 is 0.900 bits per heavy atom. The molecule has 1 heterocycles. The largest absolute Gasteiger partial charge is 0.443 e. The maximum absolute atomic E-state index is 12.8. The van der Waals surface area contributed by atoms with E-state index >= 15 is 0 Å². The average Bonchev–Trinajstić information content (AvgIpc) is 2.96. The molecule has 1 unspecified atom stereocenters. The molecule has 170 valence electrons. The van der Waals surface area contributed by atoms with Crippen molar-refractivity contribution in [3.63, 3.8) is 0 Å². The van der Waals surface area contributed by atoms with Crippen LogP contribution in [-0.4, -0.2) is 44.7 Å². The Labute approximate surface area is 178 Å². The number of hydrogen-bond donors (Lipinski definition) is 1. The molecule has 1 atom stereocenters. The monoisotopic (exact) mass is 425 g/mol. The highest BCUT2D eigenvalue weighted by atomic mass is 16.6. The highest BCUT2D eigenvalue weighted by Crippen LogP contribution is 2.23. The van der Waals surface area contributed by atoms with Crippen LogP contribution in [0.4, 0.5) is 14.4 Å². The van der Waals surface area contributed by atoms with Crippen molar-refractivity contribution >= 4 is 18.3 Å². The second kappa shape index (κ2) is 8.97. The molecular weight excluding hydrogens is 390 g/mol. The summed E-state index contributed by atoms with van der Waals surface area (Å²) in [5, 5.41) is 0.996. The fraction of sp³-hybridized carbons (Fsp3) is 0.667. The van der Waals surface area contributed by atoms with Crippen molar-refractivity contribution in [2.24, 2.45) is 0 Å². The van der Waals surface area contributed by atoms with E-state index in [-0.39, 0.29) is 0 Å². The van der Waals surface area contributed by atoms with Gasteiger partial charge in [-0.2, -0.15) is 0 Å². The fourth-order valence-corrected chi connectivity index (χ4v) is 2.36. The second-order valence-electron chi connectivity index (χ2n) is 9.92. The first-order valence-electron chi connectivity index (χ1n) is 9.82. The molecule has 0 aliphatic rings. The maximum Gasteiger partial charge on any atom is 0.429 e. The molecule has 9 heteroatoms. The fourth-order valence-electron chi connectivity index (χ4n) is 2.36. The summed E-state index contributed by atoms with van der Waals surface area (Å²) < 4.78 is 17.4. The number of carbonyl (C=O) groups excluding carboxylic acids is 3. The van der Waals surface area contributed by atoms with E-state index in [0.29, 0.717) is 5.69 Å². The van der Waals surface area contributed by atoms with Crippen LogP contribution in [-0.2, 0) is 14.2 Å². The Balaban J connectivity index is 3.21. The van der Waals surface area contributed by atoms with Gasteiger partial charge in [-0.3, -0.25) is 4.57 Å². The van der Waals surface area contributed by atoms with Gasteiger partial charge in [-0.15, -0.1) is 0 Å². The molecule has 9 nitrogen and oxygen atoms in total. The number of nitrogens with zero attached hydrogens (tertiary/aromatic N) is 2. The van der Waals surface area contributed by atoms with Gasteiger partial charge in [-0.1, -0.05) is 0 Å². The number of ether oxygens (including phenoxy) is 3. The second-order valence-corrected chi connectivity index (χ2v) is 9.92. The maximum atomic E-state index is 12.8. The first kappa shape index (κ1) is 25.3. The van der Waals surface area contributed by atoms with Crippen molar-refractivity contribution in [2.45, 2.75) is 92.1 Å². The Kier molecular flexibility index (Phi) is 7.57. The molecule has 1 aromatic rings. The number of carbonyl (C=O) groups is 3. The number of nitrogens with one attached hydrogen (secondary N) is 1. The molecule has 0 saturated carbocycles. The smallest absolute Gasteiger partial charge is 0.429 e. The minimum Gasteiger partial charge on any atom is -0.443 e. The third-order valence-corrected chi connectivity index (χ3v) is 3.39. The predicted molar refractivity (Wildman–Crippen MR) is 112 cm³/mol. The minimum atomic E-state index is -0.824. The zero-order chi connectivity index (χ0) is 23.5. The number of hydrogen-bond acceptors (Lipinski definition) is 6. The van der Waals surface area contributed by atoms with E-state index in [2.05, 4.69) is 5.43 Å². The Hall–Kier alpha value is -2.71. The van der Waals surface area contributed by atoms with E-state index in [9.17, 15) is 14.4 Å². The third kappa shape index (κ3) is 8.34. The van der Waals surface area contributed by atoms with Crippen LogP contribution in [0.2, 0.25) is 0 Å². The number of rotatable bonds is 2. The van der Waals surface area contributed by atoms with Crippen molar-refractivity contribution in [3.05, 3.63) is 24.0 Å². The Morgan fingerprint density at radius 3 is 1.87 bits per heavy atom. The Morgan fingerprint density at radius 2 is 1.40 bits per heavy atom. The lowest BCUT2D eigenvalue weighted by Crippen LogP contribution is -2.51. The Bertz CT molecular complexity index is 765. The van der Waals surface area contributed by atoms with Gasteiger partial charge in [0.15, 0.2) is 0 Å². The molecular formula is C21H35N3O6. The van der Waals surface area contributed by atoms with E-state index in [0.717, 1.165) is 5.01 Å². The first-order valence-corrected chi connectivity index (χ1v) is 9.82. The van der Waals surface area contributed by atoms with Crippen molar-refractivity contribution in [1.29, 1.82) is 0 Å². The number of amides is 2. The van der Waals surface area contributed by atoms with Gasteiger partial charge in [0.05, 0.1) is 11.7 Å². The van der Waals surface area contributed by atoms with Crippen LogP contribution < -0.4 is 5.43 Å². The van der Waals surface area contributed by atoms with Gasteiger partial charge in [-0.05, 0) is 81.4 Å². The van der Waals surface area contributed by atoms with E-state index in [1.807, 2.05) is 0 Å². The molecule has 0 saturated heterocycles. The van der Waals surface area contributed by atoms with Crippen LogP contribution in [0.1, 0.15) is 81.0 Å². The molecule has 1 aromatic heterocycles. The van der Waals surface area contributed by atoms with Crippen LogP contribution in [0.5, 0.6) is 0 Å². The zero-order valence-electron chi connectivity index (χ0n) is 19.7. The quantitative estimate of drug-likeness (QED) is 0.528. The highest BCUT2D eigenvalue weighted by molar-refractivity contribution is 5.76. The van der Waals surface area contributed by atoms with Gasteiger partial charge < -0.3 is 14.2 Å². The van der Waals surface area contributed by atoms with E-state index in [4.69, 9.17) is 14.2 Å².